The smallest absolute Gasteiger partial charge is 0.110 e. The lowest BCUT2D eigenvalue weighted by molar-refractivity contribution is -0.0217. The fourth-order valence-corrected chi connectivity index (χ4v) is 9.09. The molecule has 3 heteroatoms. The van der Waals surface area contributed by atoms with Gasteiger partial charge in [-0.1, -0.05) is 65.8 Å². The van der Waals surface area contributed by atoms with Gasteiger partial charge in [-0.25, -0.2) is 4.98 Å². The van der Waals surface area contributed by atoms with Crippen LogP contribution in [0.5, 0.6) is 0 Å². The van der Waals surface area contributed by atoms with Crippen LogP contribution in [-0.4, -0.2) is 15.1 Å². The summed E-state index contributed by atoms with van der Waals surface area (Å²) in [5.74, 6) is 4.30. The fourth-order valence-electron chi connectivity index (χ4n) is 9.09. The third kappa shape index (κ3) is 2.77. The Morgan fingerprint density at radius 1 is 0.771 bits per heavy atom. The number of nitrogens with zero attached hydrogens (tertiary/aromatic N) is 2. The predicted octanol–water partition coefficient (Wildman–Crippen LogP) is 7.46. The van der Waals surface area contributed by atoms with Gasteiger partial charge in [-0.3, -0.25) is 4.98 Å². The number of aliphatic hydroxyl groups is 1. The van der Waals surface area contributed by atoms with Gasteiger partial charge in [-0.2, -0.15) is 0 Å². The van der Waals surface area contributed by atoms with Crippen molar-refractivity contribution in [2.75, 3.05) is 0 Å². The molecule has 2 heterocycles. The lowest BCUT2D eigenvalue weighted by Gasteiger charge is -2.31. The van der Waals surface area contributed by atoms with Crippen molar-refractivity contribution in [3.8, 4) is 0 Å². The van der Waals surface area contributed by atoms with Gasteiger partial charge in [0.15, 0.2) is 0 Å². The number of fused-ring (bicyclic) bond motifs is 5. The number of pyridine rings is 2. The van der Waals surface area contributed by atoms with Gasteiger partial charge in [0.05, 0.1) is 16.7 Å². The Morgan fingerprint density at radius 3 is 2.00 bits per heavy atom. The summed E-state index contributed by atoms with van der Waals surface area (Å²) in [5, 5.41) is 14.2. The molecule has 0 spiro atoms. The monoisotopic (exact) mass is 468 g/mol. The Balaban J connectivity index is 1.31. The molecule has 4 aliphatic rings. The van der Waals surface area contributed by atoms with Gasteiger partial charge in [-0.15, -0.1) is 0 Å². The zero-order chi connectivity index (χ0) is 24.5. The molecular formula is C32H40N2O. The second-order valence-corrected chi connectivity index (χ2v) is 13.6. The van der Waals surface area contributed by atoms with Crippen LogP contribution >= 0.6 is 0 Å². The Kier molecular flexibility index (Phi) is 4.35. The van der Waals surface area contributed by atoms with Crippen molar-refractivity contribution in [1.29, 1.82) is 0 Å². The molecule has 1 N–H and O–H groups in total. The van der Waals surface area contributed by atoms with Crippen molar-refractivity contribution in [3.05, 3.63) is 47.8 Å². The van der Waals surface area contributed by atoms with Crippen molar-refractivity contribution < 1.29 is 5.11 Å². The van der Waals surface area contributed by atoms with E-state index < -0.39 is 5.60 Å². The van der Waals surface area contributed by atoms with Gasteiger partial charge >= 0.3 is 0 Å². The van der Waals surface area contributed by atoms with E-state index in [4.69, 9.17) is 9.97 Å². The number of hydrogen-bond acceptors (Lipinski definition) is 3. The topological polar surface area (TPSA) is 46.0 Å². The van der Waals surface area contributed by atoms with E-state index in [0.717, 1.165) is 45.8 Å². The average molecular weight is 469 g/mol. The highest BCUT2D eigenvalue weighted by Gasteiger charge is 2.70. The van der Waals surface area contributed by atoms with Crippen LogP contribution in [0.4, 0.5) is 0 Å². The molecule has 184 valence electrons. The van der Waals surface area contributed by atoms with Crippen LogP contribution < -0.4 is 0 Å². The van der Waals surface area contributed by atoms with E-state index in [9.17, 15) is 5.11 Å². The van der Waals surface area contributed by atoms with Crippen LogP contribution in [0.1, 0.15) is 84.5 Å². The quantitative estimate of drug-likeness (QED) is 0.404. The molecule has 7 rings (SSSR count). The van der Waals surface area contributed by atoms with Crippen molar-refractivity contribution in [3.63, 3.8) is 0 Å². The first-order chi connectivity index (χ1) is 16.6. The molecule has 4 aliphatic carbocycles. The standard InChI is InChI=1S/C32H40N2O/c1-17(2)30-13-23(19(5)24(30)14-30)26-11-9-21-7-8-22-10-12-27(34-29(22)28(21)33-26)32(35)16-31(18(3)4)15-25(31)20(32)6/h7-12,17-20,23-25,35H,13-16H2,1-6H3/t19?,20?,23-,24?,25?,30?,31?,32-/m0/s1. The number of benzene rings is 1. The van der Waals surface area contributed by atoms with Crippen molar-refractivity contribution in [2.45, 2.75) is 78.7 Å². The van der Waals surface area contributed by atoms with Crippen LogP contribution in [0.25, 0.3) is 21.8 Å². The molecule has 6 unspecified atom stereocenters. The van der Waals surface area contributed by atoms with E-state index in [1.54, 1.807) is 0 Å². The zero-order valence-corrected chi connectivity index (χ0v) is 22.2. The van der Waals surface area contributed by atoms with E-state index in [0.29, 0.717) is 34.5 Å². The van der Waals surface area contributed by atoms with Crippen LogP contribution in [-0.2, 0) is 5.60 Å². The van der Waals surface area contributed by atoms with Crippen LogP contribution in [0.15, 0.2) is 36.4 Å². The maximum Gasteiger partial charge on any atom is 0.110 e. The van der Waals surface area contributed by atoms with Gasteiger partial charge in [0.2, 0.25) is 0 Å². The van der Waals surface area contributed by atoms with Gasteiger partial charge in [0, 0.05) is 22.4 Å². The highest BCUT2D eigenvalue weighted by atomic mass is 16.3. The minimum absolute atomic E-state index is 0.242. The molecule has 3 aromatic rings. The summed E-state index contributed by atoms with van der Waals surface area (Å²) >= 11 is 0. The summed E-state index contributed by atoms with van der Waals surface area (Å²) < 4.78 is 0. The maximum atomic E-state index is 12.0. The summed E-state index contributed by atoms with van der Waals surface area (Å²) in [6, 6.07) is 13.1. The molecule has 4 fully saturated rings. The van der Waals surface area contributed by atoms with Gasteiger partial charge in [0.1, 0.15) is 5.60 Å². The summed E-state index contributed by atoms with van der Waals surface area (Å²) in [7, 11) is 0. The minimum atomic E-state index is -0.841. The van der Waals surface area contributed by atoms with E-state index >= 15 is 0 Å². The number of aromatic nitrogens is 2. The molecule has 0 aliphatic heterocycles. The zero-order valence-electron chi connectivity index (χ0n) is 22.2. The van der Waals surface area contributed by atoms with Crippen molar-refractivity contribution in [2.24, 2.45) is 46.3 Å². The third-order valence-corrected chi connectivity index (χ3v) is 11.8. The van der Waals surface area contributed by atoms with E-state index in [-0.39, 0.29) is 5.92 Å². The van der Waals surface area contributed by atoms with Crippen molar-refractivity contribution in [1.82, 2.24) is 9.97 Å². The second-order valence-electron chi connectivity index (χ2n) is 13.6. The molecule has 4 saturated carbocycles. The maximum absolute atomic E-state index is 12.0. The first-order valence-electron chi connectivity index (χ1n) is 14.0. The molecule has 1 aromatic carbocycles. The molecule has 35 heavy (non-hydrogen) atoms. The highest BCUT2D eigenvalue weighted by Crippen LogP contribution is 2.74. The van der Waals surface area contributed by atoms with Crippen LogP contribution in [0.2, 0.25) is 0 Å². The molecule has 0 saturated heterocycles. The van der Waals surface area contributed by atoms with Gasteiger partial charge < -0.3 is 5.11 Å². The summed E-state index contributed by atoms with van der Waals surface area (Å²) in [6.07, 6.45) is 4.77. The molecular weight excluding hydrogens is 428 g/mol. The highest BCUT2D eigenvalue weighted by molar-refractivity contribution is 6.02. The van der Waals surface area contributed by atoms with E-state index in [1.165, 1.54) is 25.0 Å². The Labute approximate surface area is 209 Å². The Bertz CT molecular complexity index is 1360. The normalized spacial score (nSPS) is 41.7. The largest absolute Gasteiger partial charge is 0.383 e. The summed E-state index contributed by atoms with van der Waals surface area (Å²) in [4.78, 5) is 10.5. The lowest BCUT2D eigenvalue weighted by atomic mass is 9.81. The van der Waals surface area contributed by atoms with E-state index in [1.807, 2.05) is 0 Å². The third-order valence-electron chi connectivity index (χ3n) is 11.8. The van der Waals surface area contributed by atoms with Crippen LogP contribution in [0, 0.1) is 46.3 Å². The minimum Gasteiger partial charge on any atom is -0.383 e. The molecule has 2 aromatic heterocycles. The van der Waals surface area contributed by atoms with Gasteiger partial charge in [0.25, 0.3) is 0 Å². The molecule has 0 amide bonds. The molecule has 0 radical (unpaired) electrons. The van der Waals surface area contributed by atoms with Crippen molar-refractivity contribution >= 4 is 21.8 Å². The lowest BCUT2D eigenvalue weighted by Crippen LogP contribution is -2.33. The first kappa shape index (κ1) is 22.2. The average Bonchev–Trinajstić information content (AvgIpc) is 3.72. The summed E-state index contributed by atoms with van der Waals surface area (Å²) in [5.41, 5.74) is 4.04. The van der Waals surface area contributed by atoms with Gasteiger partial charge in [-0.05, 0) is 84.2 Å². The Morgan fingerprint density at radius 2 is 1.37 bits per heavy atom. The predicted molar refractivity (Wildman–Crippen MR) is 142 cm³/mol. The van der Waals surface area contributed by atoms with Crippen LogP contribution in [0.3, 0.4) is 0 Å². The molecule has 0 bridgehead atoms. The SMILES string of the molecule is CC1C2CC2(C(C)C)C[C@@H]1c1ccc2ccc3ccc([C@]4(O)CC5(C(C)C)CC5C4C)nc3c2n1. The summed E-state index contributed by atoms with van der Waals surface area (Å²) in [6.45, 7) is 14.1. The molecule has 8 atom stereocenters. The number of hydrogen-bond donors (Lipinski definition) is 1. The Hall–Kier alpha value is -2.00. The van der Waals surface area contributed by atoms with E-state index in [2.05, 4.69) is 77.9 Å². The number of rotatable bonds is 4. The first-order valence-corrected chi connectivity index (χ1v) is 14.0. The molecule has 3 nitrogen and oxygen atoms in total. The fraction of sp³-hybridized carbons (Fsp3) is 0.625. The second kappa shape index (κ2) is 6.85.